The number of likely N-dealkylation sites (N-methyl/N-ethyl adjacent to an activating group) is 1. The van der Waals surface area contributed by atoms with Crippen LogP contribution in [-0.4, -0.2) is 49.6 Å². The topological polar surface area (TPSA) is 249 Å². The number of benzene rings is 1. The van der Waals surface area contributed by atoms with Crippen molar-refractivity contribution in [2.24, 2.45) is 0 Å². The van der Waals surface area contributed by atoms with Gasteiger partial charge in [0.05, 0.1) is 22.5 Å². The summed E-state index contributed by atoms with van der Waals surface area (Å²) in [5, 5.41) is 21.8. The van der Waals surface area contributed by atoms with Crippen LogP contribution in [0.3, 0.4) is 0 Å². The van der Waals surface area contributed by atoms with Crippen LogP contribution in [0.15, 0.2) is 18.2 Å². The Morgan fingerprint density at radius 1 is 1.00 bits per heavy atom. The van der Waals surface area contributed by atoms with Crippen molar-refractivity contribution in [1.29, 1.82) is 0 Å². The van der Waals surface area contributed by atoms with E-state index < -0.39 is 51.3 Å². The number of rotatable bonds is 11. The number of nitro groups is 2. The molecule has 164 valence electrons. The van der Waals surface area contributed by atoms with E-state index in [0.717, 1.165) is 17.0 Å². The summed E-state index contributed by atoms with van der Waals surface area (Å²) in [6.45, 7) is -1.07. The maximum atomic E-state index is 11.6. The van der Waals surface area contributed by atoms with E-state index in [1.54, 1.807) is 0 Å². The summed E-state index contributed by atoms with van der Waals surface area (Å²) in [5.74, 6) is 0. The molecule has 0 aromatic heterocycles. The van der Waals surface area contributed by atoms with Crippen molar-refractivity contribution in [3.8, 4) is 0 Å². The Balaban J connectivity index is 2.80. The van der Waals surface area contributed by atoms with Crippen LogP contribution >= 0.6 is 23.5 Å². The molecule has 2 atom stereocenters. The molecule has 1 aromatic carbocycles. The Bertz CT molecular complexity index is 930. The van der Waals surface area contributed by atoms with Crippen molar-refractivity contribution < 1.29 is 56.3 Å². The summed E-state index contributed by atoms with van der Waals surface area (Å²) >= 11 is 0. The van der Waals surface area contributed by atoms with Crippen LogP contribution in [0.5, 0.6) is 0 Å². The van der Waals surface area contributed by atoms with E-state index in [1.165, 1.54) is 7.05 Å². The summed E-state index contributed by atoms with van der Waals surface area (Å²) in [6, 6.07) is 2.75. The zero-order valence-corrected chi connectivity index (χ0v) is 16.9. The van der Waals surface area contributed by atoms with Crippen LogP contribution < -0.4 is 4.90 Å². The number of nitrogens with zero attached hydrogens (tertiary/aromatic N) is 3. The zero-order chi connectivity index (χ0) is 22.6. The molecule has 0 bridgehead atoms. The molecule has 0 aliphatic rings. The minimum Gasteiger partial charge on any atom is -0.367 e. The van der Waals surface area contributed by atoms with Gasteiger partial charge in [-0.1, -0.05) is 0 Å². The minimum absolute atomic E-state index is 0.115. The third-order valence-electron chi connectivity index (χ3n) is 2.87. The number of phosphoric ester groups is 1. The van der Waals surface area contributed by atoms with Gasteiger partial charge >= 0.3 is 23.5 Å². The summed E-state index contributed by atoms with van der Waals surface area (Å²) in [4.78, 5) is 56.3. The van der Waals surface area contributed by atoms with Crippen LogP contribution in [0, 0.1) is 20.2 Å². The smallest absolute Gasteiger partial charge is 0.367 e. The quantitative estimate of drug-likeness (QED) is 0.197. The number of hydrogen-bond donors (Lipinski definition) is 4. The average Bonchev–Trinajstić information content (AvgIpc) is 2.50. The molecule has 0 fully saturated rings. The predicted octanol–water partition coefficient (Wildman–Crippen LogP) is 1.28. The normalized spacial score (nSPS) is 15.9. The SMILES string of the molecule is CN(CCOP(=O)(O)OP(=O)(O)OP(=O)(O)O)c1ccc([N+](=O)[O-])cc1[N+](=O)[O-]. The molecule has 1 rings (SSSR count). The highest BCUT2D eigenvalue weighted by Crippen LogP contribution is 2.66. The number of non-ortho nitro benzene ring substituents is 1. The third kappa shape index (κ3) is 8.64. The van der Waals surface area contributed by atoms with Gasteiger partial charge in [-0.05, 0) is 6.07 Å². The van der Waals surface area contributed by atoms with E-state index in [-0.39, 0.29) is 12.2 Å². The molecule has 0 spiro atoms. The number of phosphoric acid groups is 3. The molecular formula is C9H14N3O14P3. The van der Waals surface area contributed by atoms with Gasteiger partial charge in [-0.2, -0.15) is 8.62 Å². The lowest BCUT2D eigenvalue weighted by Crippen LogP contribution is -2.23. The van der Waals surface area contributed by atoms with E-state index in [4.69, 9.17) is 14.7 Å². The zero-order valence-electron chi connectivity index (χ0n) is 14.2. The first-order chi connectivity index (χ1) is 13.0. The maximum absolute atomic E-state index is 11.6. The second-order valence-electron chi connectivity index (χ2n) is 5.03. The van der Waals surface area contributed by atoms with E-state index >= 15 is 0 Å². The largest absolute Gasteiger partial charge is 0.490 e. The molecule has 1 aromatic rings. The molecule has 0 saturated carbocycles. The highest BCUT2D eigenvalue weighted by Gasteiger charge is 2.40. The molecule has 29 heavy (non-hydrogen) atoms. The van der Waals surface area contributed by atoms with Crippen LogP contribution in [0.4, 0.5) is 17.1 Å². The Labute approximate surface area is 161 Å². The summed E-state index contributed by atoms with van der Waals surface area (Å²) < 4.78 is 44.6. The first-order valence-corrected chi connectivity index (χ1v) is 11.5. The summed E-state index contributed by atoms with van der Waals surface area (Å²) in [7, 11) is -15.2. The molecule has 0 radical (unpaired) electrons. The van der Waals surface area contributed by atoms with Crippen molar-refractivity contribution in [2.45, 2.75) is 0 Å². The molecule has 0 amide bonds. The molecular weight excluding hydrogens is 467 g/mol. The second-order valence-corrected chi connectivity index (χ2v) is 9.45. The average molecular weight is 481 g/mol. The fourth-order valence-corrected chi connectivity index (χ4v) is 4.82. The first-order valence-electron chi connectivity index (χ1n) is 6.95. The van der Waals surface area contributed by atoms with Crippen molar-refractivity contribution in [2.75, 3.05) is 25.1 Å². The predicted molar refractivity (Wildman–Crippen MR) is 92.8 cm³/mol. The van der Waals surface area contributed by atoms with Gasteiger partial charge < -0.3 is 24.5 Å². The van der Waals surface area contributed by atoms with Gasteiger partial charge in [0.25, 0.3) is 11.4 Å². The molecule has 0 aliphatic carbocycles. The third-order valence-corrected chi connectivity index (χ3v) is 6.71. The number of nitro benzene ring substituents is 2. The first kappa shape index (κ1) is 25.3. The summed E-state index contributed by atoms with van der Waals surface area (Å²) in [5.41, 5.74) is -1.29. The molecule has 20 heteroatoms. The van der Waals surface area contributed by atoms with Crippen LogP contribution in [-0.2, 0) is 26.8 Å². The van der Waals surface area contributed by atoms with Gasteiger partial charge in [0, 0.05) is 19.7 Å². The van der Waals surface area contributed by atoms with Gasteiger partial charge in [-0.15, -0.1) is 0 Å². The fraction of sp³-hybridized carbons (Fsp3) is 0.333. The van der Waals surface area contributed by atoms with E-state index in [1.807, 2.05) is 0 Å². The second kappa shape index (κ2) is 9.36. The maximum Gasteiger partial charge on any atom is 0.490 e. The molecule has 0 aliphatic heterocycles. The lowest BCUT2D eigenvalue weighted by atomic mass is 10.2. The lowest BCUT2D eigenvalue weighted by Gasteiger charge is -2.20. The Kier molecular flexibility index (Phi) is 8.16. The van der Waals surface area contributed by atoms with Crippen molar-refractivity contribution >= 4 is 40.5 Å². The Hall–Kier alpha value is -1.77. The van der Waals surface area contributed by atoms with E-state index in [9.17, 15) is 38.8 Å². The van der Waals surface area contributed by atoms with Crippen LogP contribution in [0.1, 0.15) is 0 Å². The van der Waals surface area contributed by atoms with Gasteiger partial charge in [0.2, 0.25) is 0 Å². The number of hydrogen-bond acceptors (Lipinski definition) is 11. The van der Waals surface area contributed by atoms with Gasteiger partial charge in [0.15, 0.2) is 0 Å². The van der Waals surface area contributed by atoms with Gasteiger partial charge in [0.1, 0.15) is 5.69 Å². The lowest BCUT2D eigenvalue weighted by molar-refractivity contribution is -0.393. The Morgan fingerprint density at radius 3 is 2.07 bits per heavy atom. The molecule has 0 heterocycles. The van der Waals surface area contributed by atoms with Crippen molar-refractivity contribution in [3.05, 3.63) is 38.4 Å². The van der Waals surface area contributed by atoms with Crippen molar-refractivity contribution in [3.63, 3.8) is 0 Å². The van der Waals surface area contributed by atoms with E-state index in [0.29, 0.717) is 6.07 Å². The van der Waals surface area contributed by atoms with Gasteiger partial charge in [-0.3, -0.25) is 24.8 Å². The minimum atomic E-state index is -5.66. The molecule has 0 saturated heterocycles. The Morgan fingerprint density at radius 2 is 1.59 bits per heavy atom. The highest BCUT2D eigenvalue weighted by molar-refractivity contribution is 7.66. The standard InChI is InChI=1S/C9H14N3O14P3/c1-10(8-3-2-7(11(13)14)6-9(8)12(15)16)4-5-24-28(20,21)26-29(22,23)25-27(17,18)19/h2-3,6H,4-5H2,1H3,(H,20,21)(H,22,23)(H2,17,18,19). The molecule has 17 nitrogen and oxygen atoms in total. The van der Waals surface area contributed by atoms with E-state index in [2.05, 4.69) is 13.1 Å². The highest BCUT2D eigenvalue weighted by atomic mass is 31.3. The molecule has 4 N–H and O–H groups in total. The monoisotopic (exact) mass is 481 g/mol. The van der Waals surface area contributed by atoms with Gasteiger partial charge in [-0.25, -0.2) is 13.7 Å². The molecule has 2 unspecified atom stereocenters. The summed E-state index contributed by atoms with van der Waals surface area (Å²) in [6.07, 6.45) is 0. The van der Waals surface area contributed by atoms with Crippen LogP contribution in [0.2, 0.25) is 0 Å². The van der Waals surface area contributed by atoms with Crippen molar-refractivity contribution in [1.82, 2.24) is 0 Å². The fourth-order valence-electron chi connectivity index (χ4n) is 1.81. The number of anilines is 1. The van der Waals surface area contributed by atoms with Crippen LogP contribution in [0.25, 0.3) is 0 Å².